The van der Waals surface area contributed by atoms with Crippen LogP contribution in [0.4, 0.5) is 0 Å². The number of hydrogen-bond acceptors (Lipinski definition) is 1. The second-order valence-corrected chi connectivity index (χ2v) is 6.76. The number of ether oxygens (including phenoxy) is 1. The fraction of sp³-hybridized carbons (Fsp3) is 0.429. The van der Waals surface area contributed by atoms with E-state index >= 15 is 0 Å². The number of piperidine rings is 1. The molecule has 2 nitrogen and oxygen atoms in total. The molecule has 0 amide bonds. The molecule has 0 saturated carbocycles. The van der Waals surface area contributed by atoms with Crippen LogP contribution >= 0.6 is 0 Å². The van der Waals surface area contributed by atoms with E-state index in [1.807, 2.05) is 0 Å². The van der Waals surface area contributed by atoms with Gasteiger partial charge in [0.2, 0.25) is 0 Å². The lowest BCUT2D eigenvalue weighted by Crippen LogP contribution is -2.52. The minimum absolute atomic E-state index is 0.728. The summed E-state index contributed by atoms with van der Waals surface area (Å²) >= 11 is 0. The summed E-state index contributed by atoms with van der Waals surface area (Å²) in [5.74, 6) is 0. The minimum Gasteiger partial charge on any atom is -0.371 e. The molecule has 2 heteroatoms. The number of benzene rings is 2. The van der Waals surface area contributed by atoms with Crippen molar-refractivity contribution < 1.29 is 9.22 Å². The SMILES string of the molecule is c1ccc(COCC[N+]2(Cc3ccccc3)CCCCC2)cc1. The molecule has 2 aromatic rings. The van der Waals surface area contributed by atoms with Gasteiger partial charge in [0, 0.05) is 5.56 Å². The lowest BCUT2D eigenvalue weighted by Gasteiger charge is -2.41. The van der Waals surface area contributed by atoms with Gasteiger partial charge in [0.15, 0.2) is 0 Å². The van der Waals surface area contributed by atoms with Gasteiger partial charge in [-0.25, -0.2) is 0 Å². The van der Waals surface area contributed by atoms with Gasteiger partial charge in [0.1, 0.15) is 13.1 Å². The molecule has 122 valence electrons. The number of quaternary nitrogens is 1. The first-order valence-electron chi connectivity index (χ1n) is 8.87. The standard InChI is InChI=1S/C21H28NO/c1-4-10-20(11-5-1)18-22(14-8-3-9-15-22)16-17-23-19-21-12-6-2-7-13-21/h1-2,4-7,10-13H,3,8-9,14-19H2/q+1. The van der Waals surface area contributed by atoms with Crippen LogP contribution in [0.15, 0.2) is 60.7 Å². The monoisotopic (exact) mass is 310 g/mol. The Morgan fingerprint density at radius 1 is 0.739 bits per heavy atom. The summed E-state index contributed by atoms with van der Waals surface area (Å²) in [5.41, 5.74) is 2.72. The number of rotatable bonds is 7. The third-order valence-corrected chi connectivity index (χ3v) is 4.95. The smallest absolute Gasteiger partial charge is 0.104 e. The Morgan fingerprint density at radius 3 is 2.00 bits per heavy atom. The molecule has 0 atom stereocenters. The molecule has 3 rings (SSSR count). The predicted molar refractivity (Wildman–Crippen MR) is 95.0 cm³/mol. The Balaban J connectivity index is 1.54. The Bertz CT molecular complexity index is 561. The first kappa shape index (κ1) is 16.2. The second-order valence-electron chi connectivity index (χ2n) is 6.76. The molecular formula is C21H28NO+. The summed E-state index contributed by atoms with van der Waals surface area (Å²) in [6.45, 7) is 6.44. The van der Waals surface area contributed by atoms with Crippen LogP contribution in [0.2, 0.25) is 0 Å². The van der Waals surface area contributed by atoms with E-state index in [-0.39, 0.29) is 0 Å². The third-order valence-electron chi connectivity index (χ3n) is 4.95. The molecule has 23 heavy (non-hydrogen) atoms. The van der Waals surface area contributed by atoms with E-state index in [0.717, 1.165) is 26.3 Å². The van der Waals surface area contributed by atoms with Gasteiger partial charge in [-0.2, -0.15) is 0 Å². The second kappa shape index (κ2) is 8.28. The summed E-state index contributed by atoms with van der Waals surface area (Å²) in [7, 11) is 0. The molecular weight excluding hydrogens is 282 g/mol. The predicted octanol–water partition coefficient (Wildman–Crippen LogP) is 4.40. The Morgan fingerprint density at radius 2 is 1.35 bits per heavy atom. The van der Waals surface area contributed by atoms with Crippen molar-refractivity contribution in [1.82, 2.24) is 0 Å². The quantitative estimate of drug-likeness (QED) is 0.544. The van der Waals surface area contributed by atoms with E-state index in [2.05, 4.69) is 60.7 Å². The van der Waals surface area contributed by atoms with Crippen molar-refractivity contribution in [3.63, 3.8) is 0 Å². The Hall–Kier alpha value is -1.64. The summed E-state index contributed by atoms with van der Waals surface area (Å²) in [6.07, 6.45) is 4.09. The van der Waals surface area contributed by atoms with E-state index in [1.165, 1.54) is 48.0 Å². The van der Waals surface area contributed by atoms with Crippen molar-refractivity contribution in [2.75, 3.05) is 26.2 Å². The number of hydrogen-bond donors (Lipinski definition) is 0. The highest BCUT2D eigenvalue weighted by Crippen LogP contribution is 2.22. The molecule has 2 aromatic carbocycles. The summed E-state index contributed by atoms with van der Waals surface area (Å²) < 4.78 is 7.16. The van der Waals surface area contributed by atoms with E-state index in [1.54, 1.807) is 0 Å². The molecule has 1 saturated heterocycles. The first-order valence-corrected chi connectivity index (χ1v) is 8.87. The Labute approximate surface area is 140 Å². The fourth-order valence-corrected chi connectivity index (χ4v) is 3.64. The normalized spacial score (nSPS) is 17.0. The van der Waals surface area contributed by atoms with Gasteiger partial charge in [-0.05, 0) is 24.8 Å². The summed E-state index contributed by atoms with van der Waals surface area (Å²) in [6, 6.07) is 21.4. The maximum atomic E-state index is 5.97. The number of nitrogens with zero attached hydrogens (tertiary/aromatic N) is 1. The topological polar surface area (TPSA) is 9.23 Å². The van der Waals surface area contributed by atoms with E-state index in [0.29, 0.717) is 0 Å². The van der Waals surface area contributed by atoms with Gasteiger partial charge in [0.05, 0.1) is 26.3 Å². The zero-order chi connectivity index (χ0) is 15.8. The van der Waals surface area contributed by atoms with Gasteiger partial charge in [-0.3, -0.25) is 0 Å². The average molecular weight is 310 g/mol. The van der Waals surface area contributed by atoms with Crippen LogP contribution < -0.4 is 0 Å². The largest absolute Gasteiger partial charge is 0.371 e. The van der Waals surface area contributed by atoms with Crippen molar-refractivity contribution in [3.05, 3.63) is 71.8 Å². The number of likely N-dealkylation sites (tertiary alicyclic amines) is 1. The maximum absolute atomic E-state index is 5.97. The van der Waals surface area contributed by atoms with Crippen LogP contribution in [0, 0.1) is 0 Å². The van der Waals surface area contributed by atoms with Crippen LogP contribution in [-0.2, 0) is 17.9 Å². The zero-order valence-corrected chi connectivity index (χ0v) is 14.0. The van der Waals surface area contributed by atoms with Gasteiger partial charge >= 0.3 is 0 Å². The van der Waals surface area contributed by atoms with Gasteiger partial charge in [-0.1, -0.05) is 60.7 Å². The highest BCUT2D eigenvalue weighted by atomic mass is 16.5. The Kier molecular flexibility index (Phi) is 5.84. The average Bonchev–Trinajstić information content (AvgIpc) is 2.61. The highest BCUT2D eigenvalue weighted by molar-refractivity contribution is 5.14. The lowest BCUT2D eigenvalue weighted by atomic mass is 10.1. The van der Waals surface area contributed by atoms with E-state index in [4.69, 9.17) is 4.74 Å². The lowest BCUT2D eigenvalue weighted by molar-refractivity contribution is -0.945. The van der Waals surface area contributed by atoms with E-state index in [9.17, 15) is 0 Å². The van der Waals surface area contributed by atoms with Crippen LogP contribution in [0.25, 0.3) is 0 Å². The van der Waals surface area contributed by atoms with Crippen LogP contribution in [0.1, 0.15) is 30.4 Å². The van der Waals surface area contributed by atoms with Crippen molar-refractivity contribution in [1.29, 1.82) is 0 Å². The molecule has 0 spiro atoms. The molecule has 0 bridgehead atoms. The maximum Gasteiger partial charge on any atom is 0.104 e. The molecule has 0 N–H and O–H groups in total. The van der Waals surface area contributed by atoms with Gasteiger partial charge < -0.3 is 9.22 Å². The zero-order valence-electron chi connectivity index (χ0n) is 14.0. The molecule has 0 aliphatic carbocycles. The molecule has 1 aliphatic heterocycles. The molecule has 1 heterocycles. The van der Waals surface area contributed by atoms with Crippen molar-refractivity contribution in [2.24, 2.45) is 0 Å². The molecule has 0 unspecified atom stereocenters. The molecule has 1 fully saturated rings. The van der Waals surface area contributed by atoms with Crippen LogP contribution in [0.5, 0.6) is 0 Å². The van der Waals surface area contributed by atoms with Crippen molar-refractivity contribution in [3.8, 4) is 0 Å². The van der Waals surface area contributed by atoms with E-state index < -0.39 is 0 Å². The molecule has 1 aliphatic rings. The first-order chi connectivity index (χ1) is 11.4. The van der Waals surface area contributed by atoms with Crippen molar-refractivity contribution in [2.45, 2.75) is 32.4 Å². The summed E-state index contributed by atoms with van der Waals surface area (Å²) in [5, 5.41) is 0. The minimum atomic E-state index is 0.728. The highest BCUT2D eigenvalue weighted by Gasteiger charge is 2.29. The van der Waals surface area contributed by atoms with Crippen LogP contribution in [0.3, 0.4) is 0 Å². The molecule has 0 aromatic heterocycles. The summed E-state index contributed by atoms with van der Waals surface area (Å²) in [4.78, 5) is 0. The third kappa shape index (κ3) is 4.92. The van der Waals surface area contributed by atoms with Crippen LogP contribution in [-0.4, -0.2) is 30.7 Å². The molecule has 0 radical (unpaired) electrons. The van der Waals surface area contributed by atoms with Gasteiger partial charge in [-0.15, -0.1) is 0 Å². The van der Waals surface area contributed by atoms with Crippen molar-refractivity contribution >= 4 is 0 Å². The van der Waals surface area contributed by atoms with Gasteiger partial charge in [0.25, 0.3) is 0 Å². The fourth-order valence-electron chi connectivity index (χ4n) is 3.64.